The van der Waals surface area contributed by atoms with Crippen LogP contribution >= 0.6 is 23.4 Å². The third-order valence-corrected chi connectivity index (χ3v) is 5.73. The van der Waals surface area contributed by atoms with Crippen molar-refractivity contribution in [2.75, 3.05) is 0 Å². The number of fused-ring (bicyclic) bond motifs is 1. The van der Waals surface area contributed by atoms with Crippen molar-refractivity contribution in [3.8, 4) is 0 Å². The van der Waals surface area contributed by atoms with Crippen LogP contribution in [0, 0.1) is 11.8 Å². The minimum absolute atomic E-state index is 0.686. The van der Waals surface area contributed by atoms with Crippen LogP contribution in [-0.2, 0) is 0 Å². The van der Waals surface area contributed by atoms with E-state index in [1.807, 2.05) is 11.8 Å². The zero-order chi connectivity index (χ0) is 11.7. The summed E-state index contributed by atoms with van der Waals surface area (Å²) in [5, 5.41) is 1.16. The molecule has 0 bridgehead atoms. The fourth-order valence-corrected chi connectivity index (χ4v) is 4.67. The molecule has 0 radical (unpaired) electrons. The molecule has 0 aliphatic heterocycles. The summed E-state index contributed by atoms with van der Waals surface area (Å²) in [6, 6.07) is 10.6. The molecular weight excluding hydrogens is 248 g/mol. The highest BCUT2D eigenvalue weighted by Crippen LogP contribution is 2.55. The normalized spacial score (nSPS) is 28.3. The van der Waals surface area contributed by atoms with Crippen LogP contribution in [0.3, 0.4) is 0 Å². The van der Waals surface area contributed by atoms with Crippen LogP contribution in [0.25, 0.3) is 0 Å². The van der Waals surface area contributed by atoms with E-state index < -0.39 is 0 Å². The second-order valence-electron chi connectivity index (χ2n) is 4.98. The summed E-state index contributed by atoms with van der Waals surface area (Å²) in [5.74, 6) is 1.44. The Bertz CT molecular complexity index is 424. The molecule has 2 atom stereocenters. The molecule has 3 rings (SSSR count). The van der Waals surface area contributed by atoms with Gasteiger partial charge in [0.2, 0.25) is 0 Å². The van der Waals surface area contributed by atoms with Crippen LogP contribution in [-0.4, -0.2) is 0 Å². The lowest BCUT2D eigenvalue weighted by Gasteiger charge is -2.38. The Labute approximate surface area is 112 Å². The lowest BCUT2D eigenvalue weighted by molar-refractivity contribution is 0.384. The lowest BCUT2D eigenvalue weighted by atomic mass is 9.78. The van der Waals surface area contributed by atoms with Gasteiger partial charge in [0, 0.05) is 20.8 Å². The average Bonchev–Trinajstić information content (AvgIpc) is 2.60. The van der Waals surface area contributed by atoms with Gasteiger partial charge in [-0.05, 0) is 30.9 Å². The fraction of sp³-hybridized carbons (Fsp3) is 0.467. The van der Waals surface area contributed by atoms with Gasteiger partial charge >= 0.3 is 0 Å². The summed E-state index contributed by atoms with van der Waals surface area (Å²) in [7, 11) is 0. The Morgan fingerprint density at radius 3 is 2.41 bits per heavy atom. The molecule has 0 saturated heterocycles. The molecule has 2 aliphatic rings. The maximum Gasteiger partial charge on any atom is 0.0319 e. The van der Waals surface area contributed by atoms with Crippen LogP contribution < -0.4 is 0 Å². The van der Waals surface area contributed by atoms with Crippen LogP contribution in [0.2, 0.25) is 0 Å². The maximum absolute atomic E-state index is 6.47. The first kappa shape index (κ1) is 11.7. The molecule has 2 aliphatic carbocycles. The van der Waals surface area contributed by atoms with Crippen molar-refractivity contribution in [3.05, 3.63) is 40.3 Å². The second-order valence-corrected chi connectivity index (χ2v) is 6.50. The molecule has 0 nitrogen and oxygen atoms in total. The molecule has 0 N–H and O–H groups in total. The Hall–Kier alpha value is -0.400. The van der Waals surface area contributed by atoms with E-state index in [1.54, 1.807) is 0 Å². The highest BCUT2D eigenvalue weighted by atomic mass is 35.5. The first-order valence-corrected chi connectivity index (χ1v) is 7.68. The highest BCUT2D eigenvalue weighted by Gasteiger charge is 2.40. The third kappa shape index (κ3) is 2.28. The van der Waals surface area contributed by atoms with Crippen LogP contribution in [0.1, 0.15) is 32.1 Å². The predicted octanol–water partition coefficient (Wildman–Crippen LogP) is 5.44. The Kier molecular flexibility index (Phi) is 3.49. The monoisotopic (exact) mass is 264 g/mol. The number of benzene rings is 1. The zero-order valence-electron chi connectivity index (χ0n) is 9.86. The van der Waals surface area contributed by atoms with Crippen molar-refractivity contribution in [1.82, 2.24) is 0 Å². The summed E-state index contributed by atoms with van der Waals surface area (Å²) in [6.07, 6.45) is 6.78. The Morgan fingerprint density at radius 1 is 0.941 bits per heavy atom. The van der Waals surface area contributed by atoms with Crippen LogP contribution in [0.15, 0.2) is 45.2 Å². The molecule has 1 aromatic carbocycles. The van der Waals surface area contributed by atoms with E-state index in [-0.39, 0.29) is 0 Å². The van der Waals surface area contributed by atoms with Gasteiger partial charge in [-0.3, -0.25) is 0 Å². The number of hydrogen-bond acceptors (Lipinski definition) is 1. The molecule has 1 fully saturated rings. The first-order chi connectivity index (χ1) is 8.36. The summed E-state index contributed by atoms with van der Waals surface area (Å²) in [6.45, 7) is 0. The molecule has 0 heterocycles. The van der Waals surface area contributed by atoms with Gasteiger partial charge in [-0.1, -0.05) is 60.8 Å². The molecular formula is C15H17ClS. The molecule has 17 heavy (non-hydrogen) atoms. The largest absolute Gasteiger partial charge is 0.0930 e. The summed E-state index contributed by atoms with van der Waals surface area (Å²) in [4.78, 5) is 2.77. The van der Waals surface area contributed by atoms with Gasteiger partial charge in [-0.25, -0.2) is 0 Å². The predicted molar refractivity (Wildman–Crippen MR) is 75.2 cm³/mol. The molecule has 0 spiro atoms. The molecule has 1 saturated carbocycles. The van der Waals surface area contributed by atoms with Gasteiger partial charge in [-0.2, -0.15) is 0 Å². The van der Waals surface area contributed by atoms with Gasteiger partial charge in [-0.15, -0.1) is 0 Å². The van der Waals surface area contributed by atoms with Gasteiger partial charge in [0.25, 0.3) is 0 Å². The van der Waals surface area contributed by atoms with Gasteiger partial charge < -0.3 is 0 Å². The quantitative estimate of drug-likeness (QED) is 0.685. The molecule has 0 aromatic heterocycles. The van der Waals surface area contributed by atoms with Gasteiger partial charge in [0.05, 0.1) is 0 Å². The summed E-state index contributed by atoms with van der Waals surface area (Å²) < 4.78 is 0. The van der Waals surface area contributed by atoms with Crippen molar-refractivity contribution < 1.29 is 0 Å². The van der Waals surface area contributed by atoms with Crippen molar-refractivity contribution >= 4 is 23.4 Å². The lowest BCUT2D eigenvalue weighted by Crippen LogP contribution is -2.26. The van der Waals surface area contributed by atoms with Crippen LogP contribution in [0.4, 0.5) is 0 Å². The van der Waals surface area contributed by atoms with Crippen molar-refractivity contribution in [2.24, 2.45) is 11.8 Å². The topological polar surface area (TPSA) is 0 Å². The first-order valence-electron chi connectivity index (χ1n) is 6.49. The second kappa shape index (κ2) is 5.07. The van der Waals surface area contributed by atoms with E-state index in [4.69, 9.17) is 11.6 Å². The number of allylic oxidation sites excluding steroid dienone is 2. The number of hydrogen-bond donors (Lipinski definition) is 0. The van der Waals surface area contributed by atoms with Crippen molar-refractivity contribution in [2.45, 2.75) is 37.0 Å². The number of halogens is 1. The van der Waals surface area contributed by atoms with Crippen LogP contribution in [0.5, 0.6) is 0 Å². The van der Waals surface area contributed by atoms with Gasteiger partial charge in [0.15, 0.2) is 0 Å². The van der Waals surface area contributed by atoms with Crippen molar-refractivity contribution in [1.29, 1.82) is 0 Å². The maximum atomic E-state index is 6.47. The van der Waals surface area contributed by atoms with E-state index in [2.05, 4.69) is 30.3 Å². The minimum Gasteiger partial charge on any atom is -0.0930 e. The van der Waals surface area contributed by atoms with Crippen molar-refractivity contribution in [3.63, 3.8) is 0 Å². The number of rotatable bonds is 2. The molecule has 2 unspecified atom stereocenters. The highest BCUT2D eigenvalue weighted by molar-refractivity contribution is 8.03. The standard InChI is InChI=1S/C15H17ClS/c16-14-12-9-5-2-6-10-13(12)15(14)17-11-7-3-1-4-8-11/h1,3-4,7-8,12-13H,2,5-6,9-10H2. The van der Waals surface area contributed by atoms with Gasteiger partial charge in [0.1, 0.15) is 0 Å². The van der Waals surface area contributed by atoms with E-state index >= 15 is 0 Å². The number of thioether (sulfide) groups is 1. The third-order valence-electron chi connectivity index (χ3n) is 3.88. The molecule has 90 valence electrons. The molecule has 2 heteroatoms. The zero-order valence-corrected chi connectivity index (χ0v) is 11.4. The fourth-order valence-electron chi connectivity index (χ4n) is 2.93. The molecule has 0 amide bonds. The smallest absolute Gasteiger partial charge is 0.0319 e. The molecule has 1 aromatic rings. The van der Waals surface area contributed by atoms with E-state index in [1.165, 1.54) is 41.9 Å². The average molecular weight is 265 g/mol. The minimum atomic E-state index is 0.686. The SMILES string of the molecule is ClC1=C(Sc2ccccc2)C2CCCCCC12. The van der Waals surface area contributed by atoms with E-state index in [9.17, 15) is 0 Å². The van der Waals surface area contributed by atoms with E-state index in [0.717, 1.165) is 11.0 Å². The summed E-state index contributed by atoms with van der Waals surface area (Å²) in [5.41, 5.74) is 0. The van der Waals surface area contributed by atoms with E-state index in [0.29, 0.717) is 5.92 Å². The summed E-state index contributed by atoms with van der Waals surface area (Å²) >= 11 is 8.35. The Morgan fingerprint density at radius 2 is 1.65 bits per heavy atom. The Balaban J connectivity index is 1.77.